The van der Waals surface area contributed by atoms with Crippen molar-refractivity contribution in [1.82, 2.24) is 15.1 Å². The molecule has 0 aliphatic carbocycles. The van der Waals surface area contributed by atoms with Gasteiger partial charge >= 0.3 is 0 Å². The van der Waals surface area contributed by atoms with Gasteiger partial charge in [0.25, 0.3) is 5.91 Å². The molecular formula is C13H16N4O2. The van der Waals surface area contributed by atoms with Gasteiger partial charge in [0, 0.05) is 42.7 Å². The summed E-state index contributed by atoms with van der Waals surface area (Å²) in [6, 6.07) is 4.92. The molecule has 100 valence electrons. The van der Waals surface area contributed by atoms with Crippen molar-refractivity contribution in [3.05, 3.63) is 41.7 Å². The minimum atomic E-state index is -0.200. The van der Waals surface area contributed by atoms with Crippen LogP contribution in [-0.4, -0.2) is 22.8 Å². The molecule has 19 heavy (non-hydrogen) atoms. The van der Waals surface area contributed by atoms with Crippen molar-refractivity contribution in [3.63, 3.8) is 0 Å². The zero-order chi connectivity index (χ0) is 13.8. The van der Waals surface area contributed by atoms with Gasteiger partial charge in [-0.25, -0.2) is 0 Å². The van der Waals surface area contributed by atoms with Crippen LogP contribution in [-0.2, 0) is 13.6 Å². The van der Waals surface area contributed by atoms with E-state index in [4.69, 9.17) is 10.5 Å². The van der Waals surface area contributed by atoms with Crippen LogP contribution in [0.3, 0.4) is 0 Å². The Balaban J connectivity index is 2.05. The van der Waals surface area contributed by atoms with Crippen LogP contribution in [0.5, 0.6) is 5.75 Å². The molecular weight excluding hydrogens is 244 g/mol. The summed E-state index contributed by atoms with van der Waals surface area (Å²) in [6.07, 6.45) is 3.56. The number of nitrogens with zero attached hydrogens (tertiary/aromatic N) is 2. The quantitative estimate of drug-likeness (QED) is 0.801. The maximum absolute atomic E-state index is 12.0. The molecule has 0 radical (unpaired) electrons. The Bertz CT molecular complexity index is 592. The molecule has 0 saturated carbocycles. The molecule has 1 aromatic heterocycles. The lowest BCUT2D eigenvalue weighted by Crippen LogP contribution is -2.22. The summed E-state index contributed by atoms with van der Waals surface area (Å²) in [5.41, 5.74) is 7.61. The Kier molecular flexibility index (Phi) is 3.70. The number of nitrogen functional groups attached to an aromatic ring is 1. The molecule has 0 aliphatic rings. The maximum Gasteiger partial charge on any atom is 0.251 e. The SMILES string of the molecule is COc1cc(N)cc(C(=O)NCc2cnn(C)c2)c1. The molecule has 1 heterocycles. The third kappa shape index (κ3) is 3.25. The van der Waals surface area contributed by atoms with Gasteiger partial charge in [-0.1, -0.05) is 0 Å². The molecule has 3 N–H and O–H groups in total. The van der Waals surface area contributed by atoms with Gasteiger partial charge in [-0.15, -0.1) is 0 Å². The Morgan fingerprint density at radius 2 is 2.26 bits per heavy atom. The number of ether oxygens (including phenoxy) is 1. The first-order valence-electron chi connectivity index (χ1n) is 5.79. The number of rotatable bonds is 4. The van der Waals surface area contributed by atoms with Gasteiger partial charge in [0.1, 0.15) is 5.75 Å². The predicted molar refractivity (Wildman–Crippen MR) is 71.8 cm³/mol. The molecule has 0 atom stereocenters. The predicted octanol–water partition coefficient (Wildman–Crippen LogP) is 0.941. The van der Waals surface area contributed by atoms with E-state index in [1.807, 2.05) is 13.2 Å². The normalized spacial score (nSPS) is 10.2. The summed E-state index contributed by atoms with van der Waals surface area (Å²) in [6.45, 7) is 0.420. The highest BCUT2D eigenvalue weighted by Crippen LogP contribution is 2.18. The number of aryl methyl sites for hydroxylation is 1. The highest BCUT2D eigenvalue weighted by Gasteiger charge is 2.08. The lowest BCUT2D eigenvalue weighted by molar-refractivity contribution is 0.0950. The zero-order valence-corrected chi connectivity index (χ0v) is 10.9. The number of amides is 1. The average molecular weight is 260 g/mol. The summed E-state index contributed by atoms with van der Waals surface area (Å²) >= 11 is 0. The number of methoxy groups -OCH3 is 1. The molecule has 0 saturated heterocycles. The van der Waals surface area contributed by atoms with E-state index in [-0.39, 0.29) is 5.91 Å². The van der Waals surface area contributed by atoms with Crippen LogP contribution in [0.2, 0.25) is 0 Å². The number of nitrogens with one attached hydrogen (secondary N) is 1. The van der Waals surface area contributed by atoms with E-state index in [9.17, 15) is 4.79 Å². The highest BCUT2D eigenvalue weighted by molar-refractivity contribution is 5.95. The molecule has 1 amide bonds. The van der Waals surface area contributed by atoms with Crippen molar-refractivity contribution in [2.45, 2.75) is 6.54 Å². The molecule has 2 rings (SSSR count). The van der Waals surface area contributed by atoms with Crippen LogP contribution in [0.25, 0.3) is 0 Å². The first-order chi connectivity index (χ1) is 9.08. The van der Waals surface area contributed by atoms with Crippen LogP contribution in [0.1, 0.15) is 15.9 Å². The summed E-state index contributed by atoms with van der Waals surface area (Å²) in [4.78, 5) is 12.0. The number of carbonyl (C=O) groups is 1. The first-order valence-corrected chi connectivity index (χ1v) is 5.79. The van der Waals surface area contributed by atoms with Crippen molar-refractivity contribution in [1.29, 1.82) is 0 Å². The van der Waals surface area contributed by atoms with E-state index in [0.29, 0.717) is 23.5 Å². The number of nitrogens with two attached hydrogens (primary N) is 1. The van der Waals surface area contributed by atoms with Gasteiger partial charge in [-0.3, -0.25) is 9.48 Å². The van der Waals surface area contributed by atoms with Gasteiger partial charge in [0.15, 0.2) is 0 Å². The summed E-state index contributed by atoms with van der Waals surface area (Å²) in [5, 5.41) is 6.84. The molecule has 0 aliphatic heterocycles. The molecule has 2 aromatic rings. The second kappa shape index (κ2) is 5.43. The summed E-state index contributed by atoms with van der Waals surface area (Å²) in [5.74, 6) is 0.362. The fraction of sp³-hybridized carbons (Fsp3) is 0.231. The second-order valence-corrected chi connectivity index (χ2v) is 4.20. The van der Waals surface area contributed by atoms with Crippen molar-refractivity contribution in [3.8, 4) is 5.75 Å². The first kappa shape index (κ1) is 12.9. The topological polar surface area (TPSA) is 82.2 Å². The van der Waals surface area contributed by atoms with Crippen LogP contribution >= 0.6 is 0 Å². The van der Waals surface area contributed by atoms with Gasteiger partial charge < -0.3 is 15.8 Å². The standard InChI is InChI=1S/C13H16N4O2/c1-17-8-9(7-16-17)6-15-13(18)10-3-11(14)5-12(4-10)19-2/h3-5,7-8H,6,14H2,1-2H3,(H,15,18). The summed E-state index contributed by atoms with van der Waals surface area (Å²) < 4.78 is 6.76. The Labute approximate surface area is 111 Å². The molecule has 0 fully saturated rings. The van der Waals surface area contributed by atoms with E-state index >= 15 is 0 Å². The number of hydrogen-bond acceptors (Lipinski definition) is 4. The van der Waals surface area contributed by atoms with Gasteiger partial charge in [0.05, 0.1) is 13.3 Å². The van der Waals surface area contributed by atoms with E-state index in [1.165, 1.54) is 7.11 Å². The second-order valence-electron chi connectivity index (χ2n) is 4.20. The lowest BCUT2D eigenvalue weighted by atomic mass is 10.1. The largest absolute Gasteiger partial charge is 0.497 e. The summed E-state index contributed by atoms with van der Waals surface area (Å²) in [7, 11) is 3.36. The number of hydrogen-bond donors (Lipinski definition) is 2. The van der Waals surface area contributed by atoms with E-state index in [2.05, 4.69) is 10.4 Å². The smallest absolute Gasteiger partial charge is 0.251 e. The van der Waals surface area contributed by atoms with Crippen molar-refractivity contribution >= 4 is 11.6 Å². The molecule has 0 bridgehead atoms. The number of benzene rings is 1. The molecule has 6 heteroatoms. The van der Waals surface area contributed by atoms with E-state index in [1.54, 1.807) is 29.1 Å². The third-order valence-electron chi connectivity index (χ3n) is 2.64. The van der Waals surface area contributed by atoms with Crippen molar-refractivity contribution in [2.24, 2.45) is 7.05 Å². The minimum Gasteiger partial charge on any atom is -0.497 e. The Hall–Kier alpha value is -2.50. The molecule has 6 nitrogen and oxygen atoms in total. The highest BCUT2D eigenvalue weighted by atomic mass is 16.5. The Morgan fingerprint density at radius 1 is 1.47 bits per heavy atom. The third-order valence-corrected chi connectivity index (χ3v) is 2.64. The fourth-order valence-corrected chi connectivity index (χ4v) is 1.72. The van der Waals surface area contributed by atoms with Crippen molar-refractivity contribution in [2.75, 3.05) is 12.8 Å². The monoisotopic (exact) mass is 260 g/mol. The van der Waals surface area contributed by atoms with E-state index in [0.717, 1.165) is 5.56 Å². The van der Waals surface area contributed by atoms with Gasteiger partial charge in [0.2, 0.25) is 0 Å². The average Bonchev–Trinajstić information content (AvgIpc) is 2.81. The van der Waals surface area contributed by atoms with Crippen LogP contribution < -0.4 is 15.8 Å². The van der Waals surface area contributed by atoms with Crippen LogP contribution in [0.4, 0.5) is 5.69 Å². The number of aromatic nitrogens is 2. The van der Waals surface area contributed by atoms with Gasteiger partial charge in [-0.2, -0.15) is 5.10 Å². The maximum atomic E-state index is 12.0. The van der Waals surface area contributed by atoms with Gasteiger partial charge in [-0.05, 0) is 12.1 Å². The minimum absolute atomic E-state index is 0.200. The van der Waals surface area contributed by atoms with Crippen molar-refractivity contribution < 1.29 is 9.53 Å². The number of carbonyl (C=O) groups excluding carboxylic acids is 1. The van der Waals surface area contributed by atoms with E-state index < -0.39 is 0 Å². The fourth-order valence-electron chi connectivity index (χ4n) is 1.72. The zero-order valence-electron chi connectivity index (χ0n) is 10.9. The van der Waals surface area contributed by atoms with Crippen LogP contribution in [0, 0.1) is 0 Å². The molecule has 0 spiro atoms. The molecule has 1 aromatic carbocycles. The lowest BCUT2D eigenvalue weighted by Gasteiger charge is -2.07. The Morgan fingerprint density at radius 3 is 2.89 bits per heavy atom. The molecule has 0 unspecified atom stereocenters. The van der Waals surface area contributed by atoms with Crippen LogP contribution in [0.15, 0.2) is 30.6 Å². The number of anilines is 1.